The fourth-order valence-electron chi connectivity index (χ4n) is 3.96. The first kappa shape index (κ1) is 21.4. The molecule has 3 aromatic carbocycles. The molecule has 0 spiro atoms. The van der Waals surface area contributed by atoms with Gasteiger partial charge in [-0.1, -0.05) is 54.9 Å². The summed E-state index contributed by atoms with van der Waals surface area (Å²) < 4.78 is 6.07. The van der Waals surface area contributed by atoms with Crippen molar-refractivity contribution in [2.24, 2.45) is 0 Å². The Bertz CT molecular complexity index is 1050. The number of hydrogen-bond acceptors (Lipinski definition) is 2. The topological polar surface area (TPSA) is 46.5 Å². The summed E-state index contributed by atoms with van der Waals surface area (Å²) in [5.41, 5.74) is 4.04. The van der Waals surface area contributed by atoms with Crippen LogP contribution in [0.15, 0.2) is 48.5 Å². The minimum Gasteiger partial charge on any atom is -0.479 e. The number of aliphatic carboxylic acids is 1. The number of rotatable bonds is 5. The molecule has 0 bridgehead atoms. The summed E-state index contributed by atoms with van der Waals surface area (Å²) in [6, 6.07) is 15.7. The minimum absolute atomic E-state index is 0.606. The molecular weight excluding hydrogens is 384 g/mol. The van der Waals surface area contributed by atoms with Gasteiger partial charge in [0.2, 0.25) is 0 Å². The van der Waals surface area contributed by atoms with E-state index in [-0.39, 0.29) is 0 Å². The lowest BCUT2D eigenvalue weighted by Crippen LogP contribution is -2.28. The predicted molar refractivity (Wildman–Crippen MR) is 120 cm³/mol. The van der Waals surface area contributed by atoms with Crippen LogP contribution >= 0.6 is 11.6 Å². The second-order valence-electron chi connectivity index (χ2n) is 8.25. The number of carbonyl (C=O) groups is 1. The van der Waals surface area contributed by atoms with Gasteiger partial charge in [0.25, 0.3) is 0 Å². The minimum atomic E-state index is -1.07. The van der Waals surface area contributed by atoms with Crippen LogP contribution < -0.4 is 0 Å². The molecule has 0 aliphatic heterocycles. The molecule has 0 amide bonds. The van der Waals surface area contributed by atoms with Crippen LogP contribution in [0.25, 0.3) is 21.9 Å². The van der Waals surface area contributed by atoms with Crippen molar-refractivity contribution in [3.05, 3.63) is 70.2 Å². The maximum Gasteiger partial charge on any atom is 0.337 e. The molecule has 3 nitrogen and oxygen atoms in total. The average Bonchev–Trinajstić information content (AvgIpc) is 2.65. The van der Waals surface area contributed by atoms with Gasteiger partial charge < -0.3 is 9.84 Å². The summed E-state index contributed by atoms with van der Waals surface area (Å²) in [6.45, 7) is 9.73. The Hall–Kier alpha value is -2.36. The van der Waals surface area contributed by atoms with Gasteiger partial charge in [0.05, 0.1) is 5.60 Å². The van der Waals surface area contributed by atoms with E-state index in [1.165, 1.54) is 0 Å². The zero-order chi connectivity index (χ0) is 21.3. The molecule has 0 aromatic heterocycles. The Morgan fingerprint density at radius 2 is 1.66 bits per heavy atom. The number of ether oxygens (including phenoxy) is 1. The van der Waals surface area contributed by atoms with E-state index in [9.17, 15) is 9.90 Å². The summed E-state index contributed by atoms with van der Waals surface area (Å²) in [6.07, 6.45) is -0.266. The van der Waals surface area contributed by atoms with E-state index in [2.05, 4.69) is 19.1 Å². The molecule has 4 heteroatoms. The van der Waals surface area contributed by atoms with Crippen LogP contribution in [0, 0.1) is 6.92 Å². The van der Waals surface area contributed by atoms with Crippen molar-refractivity contribution < 1.29 is 14.6 Å². The van der Waals surface area contributed by atoms with Crippen molar-refractivity contribution in [1.29, 1.82) is 0 Å². The van der Waals surface area contributed by atoms with Crippen LogP contribution in [0.4, 0.5) is 0 Å². The Balaban J connectivity index is 2.46. The van der Waals surface area contributed by atoms with Crippen molar-refractivity contribution in [3.8, 4) is 11.1 Å². The van der Waals surface area contributed by atoms with Gasteiger partial charge in [0.15, 0.2) is 6.10 Å². The zero-order valence-corrected chi connectivity index (χ0v) is 18.3. The zero-order valence-electron chi connectivity index (χ0n) is 17.5. The number of halogens is 1. The SMILES string of the molecule is CCc1c(C)c(C(OC(C)(C)C)C(=O)O)c(-c2ccc(Cl)cc2)c2ccccc12. The van der Waals surface area contributed by atoms with E-state index in [1.807, 2.05) is 64.1 Å². The highest BCUT2D eigenvalue weighted by molar-refractivity contribution is 6.30. The summed E-state index contributed by atoms with van der Waals surface area (Å²) in [4.78, 5) is 12.4. The summed E-state index contributed by atoms with van der Waals surface area (Å²) >= 11 is 6.12. The molecule has 0 fully saturated rings. The number of aryl methyl sites for hydroxylation is 1. The van der Waals surface area contributed by atoms with Crippen molar-refractivity contribution >= 4 is 28.3 Å². The van der Waals surface area contributed by atoms with E-state index in [4.69, 9.17) is 16.3 Å². The Kier molecular flexibility index (Phi) is 6.02. The van der Waals surface area contributed by atoms with Crippen molar-refractivity contribution in [3.63, 3.8) is 0 Å². The summed E-state index contributed by atoms with van der Waals surface area (Å²) in [7, 11) is 0. The lowest BCUT2D eigenvalue weighted by Gasteiger charge is -2.29. The molecule has 0 aliphatic rings. The van der Waals surface area contributed by atoms with Crippen molar-refractivity contribution in [2.75, 3.05) is 0 Å². The molecule has 29 heavy (non-hydrogen) atoms. The van der Waals surface area contributed by atoms with Gasteiger partial charge in [-0.3, -0.25) is 0 Å². The van der Waals surface area contributed by atoms with E-state index >= 15 is 0 Å². The quantitative estimate of drug-likeness (QED) is 0.493. The Labute approximate surface area is 177 Å². The molecule has 1 N–H and O–H groups in total. The van der Waals surface area contributed by atoms with Crippen LogP contribution in [-0.4, -0.2) is 16.7 Å². The number of carboxylic acid groups (broad SMARTS) is 1. The third-order valence-electron chi connectivity index (χ3n) is 5.09. The lowest BCUT2D eigenvalue weighted by atomic mass is 9.83. The first-order valence-corrected chi connectivity index (χ1v) is 10.2. The first-order valence-electron chi connectivity index (χ1n) is 9.84. The van der Waals surface area contributed by atoms with Gasteiger partial charge in [-0.05, 0) is 79.3 Å². The molecule has 3 rings (SSSR count). The molecule has 0 saturated heterocycles. The van der Waals surface area contributed by atoms with Crippen LogP contribution in [-0.2, 0) is 16.0 Å². The third-order valence-corrected chi connectivity index (χ3v) is 5.34. The second-order valence-corrected chi connectivity index (χ2v) is 8.68. The number of fused-ring (bicyclic) bond motifs is 1. The van der Waals surface area contributed by atoms with Crippen LogP contribution in [0.5, 0.6) is 0 Å². The predicted octanol–water partition coefficient (Wildman–Crippen LogP) is 6.97. The fraction of sp³-hybridized carbons (Fsp3) is 0.320. The monoisotopic (exact) mass is 410 g/mol. The molecule has 152 valence electrons. The maximum atomic E-state index is 12.4. The molecule has 0 heterocycles. The van der Waals surface area contributed by atoms with Gasteiger partial charge in [-0.15, -0.1) is 0 Å². The van der Waals surface area contributed by atoms with Crippen molar-refractivity contribution in [1.82, 2.24) is 0 Å². The highest BCUT2D eigenvalue weighted by Crippen LogP contribution is 2.42. The fourth-order valence-corrected chi connectivity index (χ4v) is 4.08. The molecule has 0 radical (unpaired) electrons. The molecule has 1 atom stereocenters. The van der Waals surface area contributed by atoms with E-state index in [0.29, 0.717) is 10.6 Å². The highest BCUT2D eigenvalue weighted by atomic mass is 35.5. The smallest absolute Gasteiger partial charge is 0.337 e. The number of benzene rings is 3. The summed E-state index contributed by atoms with van der Waals surface area (Å²) in [5, 5.41) is 12.9. The Morgan fingerprint density at radius 3 is 2.17 bits per heavy atom. The van der Waals surface area contributed by atoms with Crippen LogP contribution in [0.3, 0.4) is 0 Å². The third kappa shape index (κ3) is 4.31. The molecule has 1 unspecified atom stereocenters. The number of hydrogen-bond donors (Lipinski definition) is 1. The average molecular weight is 411 g/mol. The maximum absolute atomic E-state index is 12.4. The molecule has 3 aromatic rings. The van der Waals surface area contributed by atoms with Crippen molar-refractivity contribution in [2.45, 2.75) is 52.7 Å². The van der Waals surface area contributed by atoms with Crippen LogP contribution in [0.1, 0.15) is 50.5 Å². The molecular formula is C25H27ClO3. The van der Waals surface area contributed by atoms with E-state index in [0.717, 1.165) is 39.4 Å². The summed E-state index contributed by atoms with van der Waals surface area (Å²) in [5.74, 6) is -0.990. The van der Waals surface area contributed by atoms with Gasteiger partial charge in [-0.25, -0.2) is 4.79 Å². The van der Waals surface area contributed by atoms with Crippen LogP contribution in [0.2, 0.25) is 5.02 Å². The Morgan fingerprint density at radius 1 is 1.07 bits per heavy atom. The first-order chi connectivity index (χ1) is 13.6. The molecule has 0 aliphatic carbocycles. The van der Waals surface area contributed by atoms with Gasteiger partial charge in [0, 0.05) is 10.6 Å². The van der Waals surface area contributed by atoms with Gasteiger partial charge in [-0.2, -0.15) is 0 Å². The standard InChI is InChI=1S/C25H27ClO3/c1-6-18-15(2)21(23(24(27)28)29-25(3,4)5)22(16-11-13-17(26)14-12-16)20-10-8-7-9-19(18)20/h7-14,23H,6H2,1-5H3,(H,27,28). The van der Waals surface area contributed by atoms with E-state index in [1.54, 1.807) is 0 Å². The normalized spacial score (nSPS) is 12.9. The lowest BCUT2D eigenvalue weighted by molar-refractivity contribution is -0.160. The highest BCUT2D eigenvalue weighted by Gasteiger charge is 2.32. The number of carboxylic acids is 1. The van der Waals surface area contributed by atoms with Gasteiger partial charge >= 0.3 is 5.97 Å². The molecule has 0 saturated carbocycles. The largest absolute Gasteiger partial charge is 0.479 e. The van der Waals surface area contributed by atoms with Gasteiger partial charge in [0.1, 0.15) is 0 Å². The second kappa shape index (κ2) is 8.17. The van der Waals surface area contributed by atoms with E-state index < -0.39 is 17.7 Å².